The van der Waals surface area contributed by atoms with Crippen LogP contribution in [0.25, 0.3) is 0 Å². The smallest absolute Gasteiger partial charge is 0.214 e. The minimum atomic E-state index is 0.522. The predicted octanol–water partition coefficient (Wildman–Crippen LogP) is 1.66. The van der Waals surface area contributed by atoms with Gasteiger partial charge in [0, 0.05) is 11.8 Å². The van der Waals surface area contributed by atoms with E-state index >= 15 is 0 Å². The van der Waals surface area contributed by atoms with E-state index < -0.39 is 0 Å². The van der Waals surface area contributed by atoms with E-state index in [1.54, 1.807) is 12.1 Å². The second-order valence-corrected chi connectivity index (χ2v) is 2.38. The van der Waals surface area contributed by atoms with Crippen molar-refractivity contribution < 1.29 is 4.74 Å². The van der Waals surface area contributed by atoms with Gasteiger partial charge in [-0.2, -0.15) is 5.26 Å². The molecular weight excluding hydrogens is 152 g/mol. The molecule has 1 aromatic rings. The second-order valence-electron chi connectivity index (χ2n) is 2.38. The maximum Gasteiger partial charge on any atom is 0.214 e. The molecule has 3 nitrogen and oxygen atoms in total. The molecule has 0 spiro atoms. The van der Waals surface area contributed by atoms with Crippen LogP contribution in [0.1, 0.15) is 18.2 Å². The van der Waals surface area contributed by atoms with Crippen LogP contribution in [0.4, 0.5) is 0 Å². The highest BCUT2D eigenvalue weighted by molar-refractivity contribution is 5.33. The van der Waals surface area contributed by atoms with Crippen LogP contribution in [0, 0.1) is 18.3 Å². The Bertz CT molecular complexity index is 315. The molecule has 0 aliphatic carbocycles. The maximum atomic E-state index is 8.62. The number of hydrogen-bond donors (Lipinski definition) is 0. The monoisotopic (exact) mass is 162 g/mol. The summed E-state index contributed by atoms with van der Waals surface area (Å²) in [7, 11) is 0. The zero-order valence-corrected chi connectivity index (χ0v) is 7.16. The Balaban J connectivity index is 3.00. The number of pyridine rings is 1. The summed E-state index contributed by atoms with van der Waals surface area (Å²) < 4.78 is 5.17. The SMILES string of the molecule is CCOc1cc(C#N)cc(C)n1. The Labute approximate surface area is 71.6 Å². The predicted molar refractivity (Wildman–Crippen MR) is 44.9 cm³/mol. The zero-order valence-electron chi connectivity index (χ0n) is 7.16. The van der Waals surface area contributed by atoms with Crippen molar-refractivity contribution in [2.24, 2.45) is 0 Å². The molecule has 0 radical (unpaired) electrons. The molecule has 0 saturated heterocycles. The molecule has 0 amide bonds. The van der Waals surface area contributed by atoms with Gasteiger partial charge in [0.05, 0.1) is 18.2 Å². The summed E-state index contributed by atoms with van der Waals surface area (Å²) >= 11 is 0. The third-order valence-corrected chi connectivity index (χ3v) is 1.35. The summed E-state index contributed by atoms with van der Waals surface area (Å²) in [6, 6.07) is 5.41. The molecular formula is C9H10N2O. The van der Waals surface area contributed by atoms with Crippen molar-refractivity contribution in [3.63, 3.8) is 0 Å². The lowest BCUT2D eigenvalue weighted by molar-refractivity contribution is 0.326. The molecule has 0 aliphatic heterocycles. The fraction of sp³-hybridized carbons (Fsp3) is 0.333. The van der Waals surface area contributed by atoms with Crippen LogP contribution in [-0.4, -0.2) is 11.6 Å². The third-order valence-electron chi connectivity index (χ3n) is 1.35. The Morgan fingerprint density at radius 2 is 2.33 bits per heavy atom. The molecule has 0 saturated carbocycles. The lowest BCUT2D eigenvalue weighted by atomic mass is 10.2. The van der Waals surface area contributed by atoms with Gasteiger partial charge in [-0.3, -0.25) is 0 Å². The molecule has 0 atom stereocenters. The number of aryl methyl sites for hydroxylation is 1. The molecule has 12 heavy (non-hydrogen) atoms. The van der Waals surface area contributed by atoms with Crippen molar-refractivity contribution in [1.82, 2.24) is 4.98 Å². The normalized spacial score (nSPS) is 9.08. The molecule has 3 heteroatoms. The van der Waals surface area contributed by atoms with Crippen LogP contribution in [-0.2, 0) is 0 Å². The van der Waals surface area contributed by atoms with E-state index in [-0.39, 0.29) is 0 Å². The summed E-state index contributed by atoms with van der Waals surface area (Å²) in [6.45, 7) is 4.29. The fourth-order valence-corrected chi connectivity index (χ4v) is 0.924. The van der Waals surface area contributed by atoms with Crippen molar-refractivity contribution >= 4 is 0 Å². The van der Waals surface area contributed by atoms with Crippen molar-refractivity contribution in [2.75, 3.05) is 6.61 Å². The van der Waals surface area contributed by atoms with Crippen molar-refractivity contribution in [3.8, 4) is 11.9 Å². The van der Waals surface area contributed by atoms with Crippen LogP contribution in [0.5, 0.6) is 5.88 Å². The highest BCUT2D eigenvalue weighted by Gasteiger charge is 1.98. The first-order valence-electron chi connectivity index (χ1n) is 3.78. The van der Waals surface area contributed by atoms with E-state index in [2.05, 4.69) is 4.98 Å². The van der Waals surface area contributed by atoms with Crippen LogP contribution in [0.15, 0.2) is 12.1 Å². The number of aromatic nitrogens is 1. The Morgan fingerprint density at radius 3 is 2.92 bits per heavy atom. The van der Waals surface area contributed by atoms with Gasteiger partial charge in [0.2, 0.25) is 5.88 Å². The van der Waals surface area contributed by atoms with Gasteiger partial charge in [0.15, 0.2) is 0 Å². The number of nitriles is 1. The summed E-state index contributed by atoms with van der Waals surface area (Å²) in [5.41, 5.74) is 1.39. The second kappa shape index (κ2) is 3.72. The highest BCUT2D eigenvalue weighted by atomic mass is 16.5. The Kier molecular flexibility index (Phi) is 2.65. The molecule has 0 unspecified atom stereocenters. The third kappa shape index (κ3) is 1.96. The van der Waals surface area contributed by atoms with Gasteiger partial charge in [-0.1, -0.05) is 0 Å². The Hall–Kier alpha value is -1.56. The molecule has 0 fully saturated rings. The first kappa shape index (κ1) is 8.54. The van der Waals surface area contributed by atoms with Crippen molar-refractivity contribution in [1.29, 1.82) is 5.26 Å². The fourth-order valence-electron chi connectivity index (χ4n) is 0.924. The minimum absolute atomic E-state index is 0.522. The summed E-state index contributed by atoms with van der Waals surface area (Å²) in [5, 5.41) is 8.62. The average molecular weight is 162 g/mol. The van der Waals surface area contributed by atoms with Crippen LogP contribution in [0.3, 0.4) is 0 Å². The van der Waals surface area contributed by atoms with Gasteiger partial charge in [0.25, 0.3) is 0 Å². The summed E-state index contributed by atoms with van der Waals surface area (Å²) in [5.74, 6) is 0.522. The summed E-state index contributed by atoms with van der Waals surface area (Å²) in [6.07, 6.45) is 0. The van der Waals surface area contributed by atoms with E-state index in [1.165, 1.54) is 0 Å². The van der Waals surface area contributed by atoms with Crippen molar-refractivity contribution in [2.45, 2.75) is 13.8 Å². The molecule has 1 aromatic heterocycles. The van der Waals surface area contributed by atoms with Gasteiger partial charge in [0.1, 0.15) is 0 Å². The van der Waals surface area contributed by atoms with E-state index in [1.807, 2.05) is 19.9 Å². The van der Waals surface area contributed by atoms with Gasteiger partial charge >= 0.3 is 0 Å². The molecule has 1 rings (SSSR count). The van der Waals surface area contributed by atoms with Gasteiger partial charge < -0.3 is 4.74 Å². The molecule has 0 bridgehead atoms. The number of hydrogen-bond acceptors (Lipinski definition) is 3. The first-order chi connectivity index (χ1) is 5.76. The van der Waals surface area contributed by atoms with Crippen LogP contribution >= 0.6 is 0 Å². The van der Waals surface area contributed by atoms with E-state index in [4.69, 9.17) is 10.00 Å². The summed E-state index contributed by atoms with van der Waals surface area (Å²) in [4.78, 5) is 4.10. The van der Waals surface area contributed by atoms with Gasteiger partial charge in [-0.25, -0.2) is 4.98 Å². The average Bonchev–Trinajstić information content (AvgIpc) is 2.04. The number of rotatable bonds is 2. The first-order valence-corrected chi connectivity index (χ1v) is 3.78. The Morgan fingerprint density at radius 1 is 1.58 bits per heavy atom. The largest absolute Gasteiger partial charge is 0.478 e. The molecule has 0 aliphatic rings. The number of nitrogens with zero attached hydrogens (tertiary/aromatic N) is 2. The lowest BCUT2D eigenvalue weighted by Crippen LogP contribution is -1.96. The molecule has 62 valence electrons. The molecule has 0 aromatic carbocycles. The number of ether oxygens (including phenoxy) is 1. The zero-order chi connectivity index (χ0) is 8.97. The van der Waals surface area contributed by atoms with Gasteiger partial charge in [-0.05, 0) is 19.9 Å². The van der Waals surface area contributed by atoms with E-state index in [0.717, 1.165) is 5.69 Å². The standard InChI is InChI=1S/C9H10N2O/c1-3-12-9-5-8(6-10)4-7(2)11-9/h4-5H,3H2,1-2H3. The molecule has 0 N–H and O–H groups in total. The van der Waals surface area contributed by atoms with E-state index in [9.17, 15) is 0 Å². The maximum absolute atomic E-state index is 8.62. The van der Waals surface area contributed by atoms with Crippen molar-refractivity contribution in [3.05, 3.63) is 23.4 Å². The highest BCUT2D eigenvalue weighted by Crippen LogP contribution is 2.10. The van der Waals surface area contributed by atoms with Gasteiger partial charge in [-0.15, -0.1) is 0 Å². The minimum Gasteiger partial charge on any atom is -0.478 e. The topological polar surface area (TPSA) is 45.9 Å². The quantitative estimate of drug-likeness (QED) is 0.664. The van der Waals surface area contributed by atoms with Crippen LogP contribution in [0.2, 0.25) is 0 Å². The molecule has 1 heterocycles. The van der Waals surface area contributed by atoms with E-state index in [0.29, 0.717) is 18.1 Å². The van der Waals surface area contributed by atoms with Crippen LogP contribution < -0.4 is 4.74 Å². The lowest BCUT2D eigenvalue weighted by Gasteiger charge is -2.02.